The van der Waals surface area contributed by atoms with Gasteiger partial charge >= 0.3 is 0 Å². The minimum absolute atomic E-state index is 0.244. The number of aromatic nitrogens is 1. The molecule has 23 heavy (non-hydrogen) atoms. The van der Waals surface area contributed by atoms with E-state index >= 15 is 0 Å². The molecule has 0 saturated carbocycles. The summed E-state index contributed by atoms with van der Waals surface area (Å²) in [4.78, 5) is 8.76. The second-order valence-corrected chi connectivity index (χ2v) is 5.80. The standard InChI is InChI=1S/C17H20BrFN4/c1-2-20-17(23-12-14-5-3-4-9-21-14)22-10-8-13-6-7-16(19)15(18)11-13/h3-7,9,11H,2,8,10,12H2,1H3,(H2,20,22,23). The number of hydrogen-bond acceptors (Lipinski definition) is 2. The Morgan fingerprint density at radius 2 is 2.13 bits per heavy atom. The Bertz CT molecular complexity index is 646. The third-order valence-corrected chi connectivity index (χ3v) is 3.77. The molecular formula is C17H20BrFN4. The van der Waals surface area contributed by atoms with Crippen LogP contribution in [0.2, 0.25) is 0 Å². The first-order chi connectivity index (χ1) is 11.2. The molecule has 0 aliphatic carbocycles. The van der Waals surface area contributed by atoms with Crippen LogP contribution in [-0.4, -0.2) is 24.0 Å². The van der Waals surface area contributed by atoms with Gasteiger partial charge in [0.2, 0.25) is 0 Å². The summed E-state index contributed by atoms with van der Waals surface area (Å²) < 4.78 is 13.7. The van der Waals surface area contributed by atoms with Crippen molar-refractivity contribution in [3.63, 3.8) is 0 Å². The molecule has 1 aromatic heterocycles. The second-order valence-electron chi connectivity index (χ2n) is 4.94. The van der Waals surface area contributed by atoms with E-state index in [2.05, 4.69) is 36.5 Å². The fourth-order valence-corrected chi connectivity index (χ4v) is 2.44. The molecule has 4 nitrogen and oxygen atoms in total. The minimum atomic E-state index is -0.244. The van der Waals surface area contributed by atoms with Crippen molar-refractivity contribution in [2.75, 3.05) is 13.1 Å². The maximum Gasteiger partial charge on any atom is 0.191 e. The molecule has 0 fully saturated rings. The van der Waals surface area contributed by atoms with E-state index < -0.39 is 0 Å². The predicted molar refractivity (Wildman–Crippen MR) is 94.9 cm³/mol. The van der Waals surface area contributed by atoms with Crippen LogP contribution < -0.4 is 10.6 Å². The number of pyridine rings is 1. The molecule has 6 heteroatoms. The van der Waals surface area contributed by atoms with Gasteiger partial charge in [0, 0.05) is 19.3 Å². The minimum Gasteiger partial charge on any atom is -0.357 e. The van der Waals surface area contributed by atoms with Crippen LogP contribution in [0.1, 0.15) is 18.2 Å². The highest BCUT2D eigenvalue weighted by molar-refractivity contribution is 9.10. The summed E-state index contributed by atoms with van der Waals surface area (Å²) >= 11 is 3.20. The lowest BCUT2D eigenvalue weighted by Gasteiger charge is -2.11. The van der Waals surface area contributed by atoms with Crippen LogP contribution in [0.15, 0.2) is 52.1 Å². The zero-order valence-electron chi connectivity index (χ0n) is 13.0. The number of guanidine groups is 1. The van der Waals surface area contributed by atoms with Gasteiger partial charge in [0.15, 0.2) is 5.96 Å². The lowest BCUT2D eigenvalue weighted by molar-refractivity contribution is 0.620. The predicted octanol–water partition coefficient (Wildman–Crippen LogP) is 3.28. The lowest BCUT2D eigenvalue weighted by Crippen LogP contribution is -2.38. The van der Waals surface area contributed by atoms with Gasteiger partial charge in [-0.2, -0.15) is 0 Å². The Kier molecular flexibility index (Phi) is 7.00. The number of aliphatic imine (C=N–C) groups is 1. The van der Waals surface area contributed by atoms with E-state index in [0.29, 0.717) is 17.6 Å². The number of rotatable bonds is 6. The molecule has 0 amide bonds. The highest BCUT2D eigenvalue weighted by Crippen LogP contribution is 2.16. The fraction of sp³-hybridized carbons (Fsp3) is 0.294. The van der Waals surface area contributed by atoms with Crippen molar-refractivity contribution in [2.24, 2.45) is 4.99 Å². The van der Waals surface area contributed by atoms with Crippen LogP contribution in [0, 0.1) is 5.82 Å². The monoisotopic (exact) mass is 378 g/mol. The van der Waals surface area contributed by atoms with E-state index in [-0.39, 0.29) is 5.82 Å². The SMILES string of the molecule is CCNC(=NCc1ccccn1)NCCc1ccc(F)c(Br)c1. The molecule has 2 N–H and O–H groups in total. The number of nitrogens with one attached hydrogen (secondary N) is 2. The van der Waals surface area contributed by atoms with Crippen molar-refractivity contribution in [3.05, 3.63) is 64.1 Å². The Morgan fingerprint density at radius 3 is 2.83 bits per heavy atom. The molecule has 0 radical (unpaired) electrons. The van der Waals surface area contributed by atoms with Crippen LogP contribution in [0.5, 0.6) is 0 Å². The second kappa shape index (κ2) is 9.25. The number of halogens is 2. The van der Waals surface area contributed by atoms with Crippen LogP contribution in [0.25, 0.3) is 0 Å². The zero-order valence-corrected chi connectivity index (χ0v) is 14.6. The van der Waals surface area contributed by atoms with Crippen molar-refractivity contribution in [1.29, 1.82) is 0 Å². The van der Waals surface area contributed by atoms with Gasteiger partial charge in [-0.15, -0.1) is 0 Å². The topological polar surface area (TPSA) is 49.3 Å². The highest BCUT2D eigenvalue weighted by atomic mass is 79.9. The third kappa shape index (κ3) is 5.98. The zero-order chi connectivity index (χ0) is 16.5. The molecule has 0 bridgehead atoms. The summed E-state index contributed by atoms with van der Waals surface area (Å²) in [5, 5.41) is 6.48. The van der Waals surface area contributed by atoms with Crippen molar-refractivity contribution >= 4 is 21.9 Å². The molecule has 0 aliphatic rings. The average molecular weight is 379 g/mol. The van der Waals surface area contributed by atoms with Gasteiger partial charge in [-0.25, -0.2) is 9.38 Å². The molecule has 2 aromatic rings. The van der Waals surface area contributed by atoms with E-state index in [1.165, 1.54) is 6.07 Å². The normalized spacial score (nSPS) is 11.3. The molecule has 0 spiro atoms. The Hall–Kier alpha value is -1.95. The van der Waals surface area contributed by atoms with Crippen LogP contribution in [-0.2, 0) is 13.0 Å². The van der Waals surface area contributed by atoms with E-state index in [1.54, 1.807) is 18.3 Å². The maximum absolute atomic E-state index is 13.2. The van der Waals surface area contributed by atoms with E-state index in [9.17, 15) is 4.39 Å². The van der Waals surface area contributed by atoms with E-state index in [4.69, 9.17) is 0 Å². The average Bonchev–Trinajstić information content (AvgIpc) is 2.57. The molecule has 0 atom stereocenters. The first kappa shape index (κ1) is 17.4. The van der Waals surface area contributed by atoms with E-state index in [0.717, 1.165) is 30.2 Å². The quantitative estimate of drug-likeness (QED) is 0.598. The van der Waals surface area contributed by atoms with Crippen LogP contribution >= 0.6 is 15.9 Å². The van der Waals surface area contributed by atoms with Crippen LogP contribution in [0.4, 0.5) is 4.39 Å². The number of hydrogen-bond donors (Lipinski definition) is 2. The molecule has 0 unspecified atom stereocenters. The van der Waals surface area contributed by atoms with Gasteiger partial charge in [-0.3, -0.25) is 4.98 Å². The van der Waals surface area contributed by atoms with Crippen LogP contribution in [0.3, 0.4) is 0 Å². The van der Waals surface area contributed by atoms with Crippen molar-refractivity contribution < 1.29 is 4.39 Å². The smallest absolute Gasteiger partial charge is 0.191 e. The fourth-order valence-electron chi connectivity index (χ4n) is 2.01. The van der Waals surface area contributed by atoms with Gasteiger partial charge in [0.05, 0.1) is 16.7 Å². The lowest BCUT2D eigenvalue weighted by atomic mass is 10.1. The largest absolute Gasteiger partial charge is 0.357 e. The van der Waals surface area contributed by atoms with E-state index in [1.807, 2.05) is 25.1 Å². The first-order valence-corrected chi connectivity index (χ1v) is 8.34. The summed E-state index contributed by atoms with van der Waals surface area (Å²) in [6, 6.07) is 10.8. The molecule has 2 rings (SSSR count). The molecular weight excluding hydrogens is 359 g/mol. The molecule has 1 aromatic carbocycles. The summed E-state index contributed by atoms with van der Waals surface area (Å²) in [7, 11) is 0. The van der Waals surface area contributed by atoms with Gasteiger partial charge in [-0.1, -0.05) is 12.1 Å². The third-order valence-electron chi connectivity index (χ3n) is 3.16. The summed E-state index contributed by atoms with van der Waals surface area (Å²) in [5.41, 5.74) is 1.98. The van der Waals surface area contributed by atoms with Gasteiger partial charge in [0.25, 0.3) is 0 Å². The maximum atomic E-state index is 13.2. The molecule has 0 aliphatic heterocycles. The molecule has 122 valence electrons. The van der Waals surface area contributed by atoms with Gasteiger partial charge in [-0.05, 0) is 59.1 Å². The van der Waals surface area contributed by atoms with Gasteiger partial charge in [0.1, 0.15) is 5.82 Å². The van der Waals surface area contributed by atoms with Gasteiger partial charge < -0.3 is 10.6 Å². The number of nitrogens with zero attached hydrogens (tertiary/aromatic N) is 2. The Morgan fingerprint density at radius 1 is 1.26 bits per heavy atom. The first-order valence-electron chi connectivity index (χ1n) is 7.55. The molecule has 0 saturated heterocycles. The molecule has 1 heterocycles. The summed E-state index contributed by atoms with van der Waals surface area (Å²) in [6.07, 6.45) is 2.55. The Balaban J connectivity index is 1.87. The Labute approximate surface area is 144 Å². The van der Waals surface area contributed by atoms with Crippen molar-refractivity contribution in [3.8, 4) is 0 Å². The highest BCUT2D eigenvalue weighted by Gasteiger charge is 2.02. The van der Waals surface area contributed by atoms with Crippen molar-refractivity contribution in [1.82, 2.24) is 15.6 Å². The summed E-state index contributed by atoms with van der Waals surface area (Å²) in [6.45, 7) is 4.05. The number of benzene rings is 1. The summed E-state index contributed by atoms with van der Waals surface area (Å²) in [5.74, 6) is 0.506. The van der Waals surface area contributed by atoms with Crippen molar-refractivity contribution in [2.45, 2.75) is 19.9 Å².